The molecule has 5 aliphatic heterocycles. The lowest BCUT2D eigenvalue weighted by Crippen LogP contribution is -2.62. The van der Waals surface area contributed by atoms with E-state index in [2.05, 4.69) is 42.5 Å². The average molecular weight is 877 g/mol. The highest BCUT2D eigenvalue weighted by Crippen LogP contribution is 2.51. The van der Waals surface area contributed by atoms with Gasteiger partial charge in [0.05, 0.1) is 49.3 Å². The Labute approximate surface area is 320 Å². The first-order chi connectivity index (χ1) is 26.4. The molecule has 9 rings (SSSR count). The van der Waals surface area contributed by atoms with Gasteiger partial charge in [-0.3, -0.25) is 42.5 Å². The van der Waals surface area contributed by atoms with Crippen molar-refractivity contribution < 1.29 is 70.2 Å². The van der Waals surface area contributed by atoms with Crippen molar-refractivity contribution in [3.05, 3.63) is 0 Å². The quantitative estimate of drug-likeness (QED) is 0.176. The van der Waals surface area contributed by atoms with Crippen molar-refractivity contribution in [2.24, 2.45) is 47.3 Å². The summed E-state index contributed by atoms with van der Waals surface area (Å²) in [5, 5.41) is 21.0. The molecule has 24 atom stereocenters. The first-order valence-corrected chi connectivity index (χ1v) is 18.8. The molecule has 0 aromatic heterocycles. The van der Waals surface area contributed by atoms with Crippen LogP contribution in [0.1, 0.15) is 0 Å². The molecule has 0 aromatic carbocycles. The van der Waals surface area contributed by atoms with Crippen molar-refractivity contribution in [2.75, 3.05) is 0 Å². The predicted octanol–water partition coefficient (Wildman–Crippen LogP) is 2.20. The molecule has 0 amide bonds. The molecule has 4 aliphatic carbocycles. The molecule has 0 radical (unpaired) electrons. The van der Waals surface area contributed by atoms with Crippen molar-refractivity contribution >= 4 is 12.4 Å². The smallest absolute Gasteiger partial charge is 0.165 e. The summed E-state index contributed by atoms with van der Waals surface area (Å²) in [7, 11) is 0. The maximum absolute atomic E-state index is 15.8. The van der Waals surface area contributed by atoms with E-state index < -0.39 is 195 Å². The van der Waals surface area contributed by atoms with Crippen LogP contribution in [0.3, 0.4) is 0 Å². The lowest BCUT2D eigenvalue weighted by Gasteiger charge is -2.43. The van der Waals surface area contributed by atoms with Crippen LogP contribution in [-0.4, -0.2) is 148 Å². The minimum absolute atomic E-state index is 0. The van der Waals surface area contributed by atoms with Crippen molar-refractivity contribution in [1.82, 2.24) is 42.5 Å². The van der Waals surface area contributed by atoms with Crippen molar-refractivity contribution in [3.8, 4) is 0 Å². The van der Waals surface area contributed by atoms with Gasteiger partial charge in [-0.2, -0.15) is 0 Å². The van der Waals surface area contributed by atoms with Gasteiger partial charge in [0.1, 0.15) is 49.4 Å². The Balaban J connectivity index is 0.00000455. The van der Waals surface area contributed by atoms with Crippen molar-refractivity contribution in [1.29, 1.82) is 0 Å². The van der Waals surface area contributed by atoms with Gasteiger partial charge < -0.3 is 0 Å². The number of alkyl halides is 16. The first-order valence-electron chi connectivity index (χ1n) is 18.8. The minimum Gasteiger partial charge on any atom is -0.286 e. The molecule has 4 saturated carbocycles. The Hall–Kier alpha value is -1.15. The molecule has 0 spiro atoms. The van der Waals surface area contributed by atoms with E-state index in [1.807, 2.05) is 0 Å². The summed E-state index contributed by atoms with van der Waals surface area (Å²) in [5.74, 6) is -15.4. The zero-order valence-corrected chi connectivity index (χ0v) is 29.7. The zero-order chi connectivity index (χ0) is 40.1. The summed E-state index contributed by atoms with van der Waals surface area (Å²) in [6.07, 6.45) is -61.1. The Kier molecular flexibility index (Phi) is 11.2. The summed E-state index contributed by atoms with van der Waals surface area (Å²) < 4.78 is 246. The number of rotatable bonds is 0. The van der Waals surface area contributed by atoms with Crippen LogP contribution in [0.25, 0.3) is 0 Å². The average Bonchev–Trinajstić information content (AvgIpc) is 3.92. The molecule has 8 nitrogen and oxygen atoms in total. The molecule has 57 heavy (non-hydrogen) atoms. The van der Waals surface area contributed by atoms with Gasteiger partial charge in [0.15, 0.2) is 49.4 Å². The van der Waals surface area contributed by atoms with E-state index in [-0.39, 0.29) is 12.4 Å². The third-order valence-electron chi connectivity index (χ3n) is 14.3. The fourth-order valence-corrected chi connectivity index (χ4v) is 11.8. The van der Waals surface area contributed by atoms with E-state index in [0.29, 0.717) is 0 Å². The first kappa shape index (κ1) is 42.5. The largest absolute Gasteiger partial charge is 0.286 e. The van der Waals surface area contributed by atoms with Gasteiger partial charge >= 0.3 is 0 Å². The standard InChI is InChI=1S/C32H40F16N8.ClH/c33-9-1-2(10(34)18(42)17(9)41)26-49-25(1)53-27-3-4(12(36)20(44)19(43)11(3)35)29(50-27)55-31-7-8(16(40)24(48)23(47)15(7)39)32(52-31)56-30-6-5(28(51-30)54-26)13(37)21(45)22(46)14(6)38;/h1-32,49-56H;1H. The fourth-order valence-electron chi connectivity index (χ4n) is 11.8. The fraction of sp³-hybridized carbons (Fsp3) is 1.00. The summed E-state index contributed by atoms with van der Waals surface area (Å²) in [4.78, 5) is 0. The molecule has 9 fully saturated rings. The van der Waals surface area contributed by atoms with Crippen LogP contribution in [0.5, 0.6) is 0 Å². The molecule has 8 bridgehead atoms. The Morgan fingerprint density at radius 3 is 0.333 bits per heavy atom. The number of fused-ring (bicyclic) bond motifs is 20. The second-order valence-electron chi connectivity index (χ2n) is 16.9. The normalized spacial score (nSPS) is 64.8. The third kappa shape index (κ3) is 6.07. The van der Waals surface area contributed by atoms with Crippen LogP contribution in [-0.2, 0) is 0 Å². The lowest BCUT2D eigenvalue weighted by atomic mass is 9.72. The highest BCUT2D eigenvalue weighted by Gasteiger charge is 2.69. The summed E-state index contributed by atoms with van der Waals surface area (Å²) in [5.41, 5.74) is 0. The molecule has 0 aromatic rings. The van der Waals surface area contributed by atoms with Gasteiger partial charge in [0, 0.05) is 47.3 Å². The van der Waals surface area contributed by atoms with E-state index >= 15 is 35.1 Å². The van der Waals surface area contributed by atoms with Gasteiger partial charge in [-0.15, -0.1) is 12.4 Å². The predicted molar refractivity (Wildman–Crippen MR) is 169 cm³/mol. The number of hydrogen-bond donors (Lipinski definition) is 8. The molecule has 9 aliphatic rings. The molecule has 25 heteroatoms. The monoisotopic (exact) mass is 876 g/mol. The molecular weight excluding hydrogens is 836 g/mol. The highest BCUT2D eigenvalue weighted by atomic mass is 35.5. The molecule has 5 saturated heterocycles. The Bertz CT molecular complexity index is 1170. The molecule has 328 valence electrons. The van der Waals surface area contributed by atoms with E-state index in [4.69, 9.17) is 0 Å². The van der Waals surface area contributed by atoms with E-state index in [1.54, 1.807) is 0 Å². The van der Waals surface area contributed by atoms with E-state index in [1.165, 1.54) is 0 Å². The van der Waals surface area contributed by atoms with Crippen LogP contribution < -0.4 is 42.5 Å². The van der Waals surface area contributed by atoms with Crippen LogP contribution in [0, 0.1) is 47.3 Å². The molecule has 8 N–H and O–H groups in total. The summed E-state index contributed by atoms with van der Waals surface area (Å²) in [6, 6.07) is 0. The second-order valence-corrected chi connectivity index (χ2v) is 16.9. The Morgan fingerprint density at radius 1 is 0.158 bits per heavy atom. The molecular formula is C32H41ClF16N8. The van der Waals surface area contributed by atoms with E-state index in [0.717, 1.165) is 0 Å². The molecule has 24 unspecified atom stereocenters. The van der Waals surface area contributed by atoms with Gasteiger partial charge in [-0.25, -0.2) is 70.2 Å². The maximum Gasteiger partial charge on any atom is 0.165 e. The lowest BCUT2D eigenvalue weighted by molar-refractivity contribution is -0.0931. The van der Waals surface area contributed by atoms with Crippen LogP contribution >= 0.6 is 12.4 Å². The summed E-state index contributed by atoms with van der Waals surface area (Å²) >= 11 is 0. The minimum atomic E-state index is -3.07. The van der Waals surface area contributed by atoms with Gasteiger partial charge in [0.2, 0.25) is 0 Å². The van der Waals surface area contributed by atoms with Crippen LogP contribution in [0.2, 0.25) is 0 Å². The summed E-state index contributed by atoms with van der Waals surface area (Å²) in [6.45, 7) is 0. The topological polar surface area (TPSA) is 96.2 Å². The SMILES string of the molecule is Cl.FC1C(F)C(F)C2C3NC(NC4NC(NC5NC(NC6NC(N3)C3C(F)C(F)C(F)C(F)C63)C3C(F)C(F)C(F)C(F)C53)C3C(F)C(F)C(F)C(F)C43)C2C1F. The molecule has 5 heterocycles. The van der Waals surface area contributed by atoms with Gasteiger partial charge in [-0.05, 0) is 0 Å². The van der Waals surface area contributed by atoms with Crippen molar-refractivity contribution in [2.45, 2.75) is 148 Å². The second kappa shape index (κ2) is 15.0. The number of halogens is 17. The maximum atomic E-state index is 15.8. The number of nitrogens with one attached hydrogen (secondary N) is 8. The van der Waals surface area contributed by atoms with Crippen LogP contribution in [0.15, 0.2) is 0 Å². The van der Waals surface area contributed by atoms with Crippen LogP contribution in [0.4, 0.5) is 70.2 Å². The zero-order valence-electron chi connectivity index (χ0n) is 28.9. The van der Waals surface area contributed by atoms with Gasteiger partial charge in [-0.1, -0.05) is 0 Å². The van der Waals surface area contributed by atoms with Crippen molar-refractivity contribution in [3.63, 3.8) is 0 Å². The van der Waals surface area contributed by atoms with E-state index in [9.17, 15) is 35.1 Å². The number of hydrogen-bond acceptors (Lipinski definition) is 8. The highest BCUT2D eigenvalue weighted by molar-refractivity contribution is 5.85. The Morgan fingerprint density at radius 2 is 0.246 bits per heavy atom. The third-order valence-corrected chi connectivity index (χ3v) is 14.3. The van der Waals surface area contributed by atoms with Gasteiger partial charge in [0.25, 0.3) is 0 Å².